The van der Waals surface area contributed by atoms with Crippen molar-refractivity contribution in [2.75, 3.05) is 7.05 Å². The zero-order chi connectivity index (χ0) is 8.15. The number of nitrogens with zero attached hydrogens (tertiary/aromatic N) is 1. The molecule has 0 saturated heterocycles. The molecule has 0 aliphatic rings. The molecule has 2 nitrogen and oxygen atoms in total. The van der Waals surface area contributed by atoms with Gasteiger partial charge < -0.3 is 10.6 Å². The van der Waals surface area contributed by atoms with Crippen molar-refractivity contribution < 1.29 is 0 Å². The van der Waals surface area contributed by atoms with Crippen LogP contribution in [0.1, 0.15) is 6.92 Å². The van der Waals surface area contributed by atoms with E-state index >= 15 is 0 Å². The second-order valence-electron chi connectivity index (χ2n) is 2.03. The molecule has 0 aliphatic heterocycles. The van der Waals surface area contributed by atoms with E-state index in [1.165, 1.54) is 0 Å². The molecule has 10 heavy (non-hydrogen) atoms. The summed E-state index contributed by atoms with van der Waals surface area (Å²) >= 11 is 0. The first-order valence-corrected chi connectivity index (χ1v) is 3.16. The molecule has 0 amide bonds. The van der Waals surface area contributed by atoms with Gasteiger partial charge in [0, 0.05) is 12.7 Å². The molecule has 0 spiro atoms. The maximum absolute atomic E-state index is 5.42. The summed E-state index contributed by atoms with van der Waals surface area (Å²) in [6.07, 6.45) is 2.40. The molecule has 0 fully saturated rings. The van der Waals surface area contributed by atoms with Gasteiger partial charge in [0.2, 0.25) is 0 Å². The standard InChI is InChI=1S/C7H13BN2/c1-4-7(5-8)10(3)6(2)9/h4H,2,5,9H2,1,3H3/b7-4-. The molecule has 0 atom stereocenters. The molecule has 3 heteroatoms. The monoisotopic (exact) mass is 136 g/mol. The Morgan fingerprint density at radius 1 is 1.80 bits per heavy atom. The first kappa shape index (κ1) is 9.14. The highest BCUT2D eigenvalue weighted by Gasteiger charge is 1.99. The third-order valence-electron chi connectivity index (χ3n) is 1.40. The van der Waals surface area contributed by atoms with E-state index in [1.807, 2.05) is 20.0 Å². The van der Waals surface area contributed by atoms with Crippen LogP contribution in [0.5, 0.6) is 0 Å². The second-order valence-corrected chi connectivity index (χ2v) is 2.03. The number of hydrogen-bond donors (Lipinski definition) is 1. The van der Waals surface area contributed by atoms with Gasteiger partial charge in [-0.15, -0.1) is 0 Å². The molecule has 0 aromatic rings. The molecule has 0 aliphatic carbocycles. The summed E-state index contributed by atoms with van der Waals surface area (Å²) in [6.45, 7) is 5.50. The molecule has 2 N–H and O–H groups in total. The second kappa shape index (κ2) is 4.04. The summed E-state index contributed by atoms with van der Waals surface area (Å²) in [7, 11) is 7.25. The maximum atomic E-state index is 5.42. The van der Waals surface area contributed by atoms with Crippen molar-refractivity contribution in [2.45, 2.75) is 13.2 Å². The van der Waals surface area contributed by atoms with Gasteiger partial charge in [-0.3, -0.25) is 0 Å². The van der Waals surface area contributed by atoms with E-state index in [0.29, 0.717) is 12.1 Å². The van der Waals surface area contributed by atoms with Gasteiger partial charge in [0.15, 0.2) is 0 Å². The molecule has 0 rings (SSSR count). The Balaban J connectivity index is 4.17. The lowest BCUT2D eigenvalue weighted by Gasteiger charge is -2.20. The van der Waals surface area contributed by atoms with Crippen molar-refractivity contribution in [3.63, 3.8) is 0 Å². The number of nitrogens with two attached hydrogens (primary N) is 1. The van der Waals surface area contributed by atoms with E-state index in [4.69, 9.17) is 13.6 Å². The van der Waals surface area contributed by atoms with Gasteiger partial charge in [-0.2, -0.15) is 0 Å². The largest absolute Gasteiger partial charge is 0.386 e. The van der Waals surface area contributed by atoms with Crippen LogP contribution in [0.15, 0.2) is 24.2 Å². The molecule has 2 radical (unpaired) electrons. The van der Waals surface area contributed by atoms with E-state index in [2.05, 4.69) is 6.58 Å². The van der Waals surface area contributed by atoms with E-state index in [0.717, 1.165) is 5.70 Å². The topological polar surface area (TPSA) is 29.3 Å². The Labute approximate surface area is 63.8 Å². The third kappa shape index (κ3) is 2.17. The van der Waals surface area contributed by atoms with Crippen LogP contribution in [0.3, 0.4) is 0 Å². The fraction of sp³-hybridized carbons (Fsp3) is 0.429. The lowest BCUT2D eigenvalue weighted by molar-refractivity contribution is 0.515. The van der Waals surface area contributed by atoms with Crippen molar-refractivity contribution >= 4 is 7.85 Å². The van der Waals surface area contributed by atoms with Crippen molar-refractivity contribution in [1.82, 2.24) is 4.90 Å². The molecular formula is C7H13BN2. The van der Waals surface area contributed by atoms with Crippen LogP contribution in [0.25, 0.3) is 0 Å². The summed E-state index contributed by atoms with van der Waals surface area (Å²) in [6, 6.07) is 0. The minimum atomic E-state index is 0.489. The fourth-order valence-corrected chi connectivity index (χ4v) is 0.633. The maximum Gasteiger partial charge on any atom is 0.0951 e. The summed E-state index contributed by atoms with van der Waals surface area (Å²) in [5.41, 5.74) is 6.40. The molecule has 0 bridgehead atoms. The lowest BCUT2D eigenvalue weighted by Crippen LogP contribution is -2.21. The highest BCUT2D eigenvalue weighted by atomic mass is 15.2. The van der Waals surface area contributed by atoms with E-state index in [1.54, 1.807) is 4.90 Å². The van der Waals surface area contributed by atoms with Crippen LogP contribution in [0.2, 0.25) is 6.32 Å². The Kier molecular flexibility index (Phi) is 3.69. The quantitative estimate of drug-likeness (QED) is 0.582. The number of hydrogen-bond acceptors (Lipinski definition) is 2. The fourth-order valence-electron chi connectivity index (χ4n) is 0.633. The van der Waals surface area contributed by atoms with Crippen molar-refractivity contribution in [1.29, 1.82) is 0 Å². The lowest BCUT2D eigenvalue weighted by atomic mass is 10.0. The van der Waals surface area contributed by atoms with Crippen LogP contribution in [0, 0.1) is 0 Å². The molecule has 54 valence electrons. The van der Waals surface area contributed by atoms with Crippen molar-refractivity contribution in [3.05, 3.63) is 24.2 Å². The first-order valence-electron chi connectivity index (χ1n) is 3.16. The molecular weight excluding hydrogens is 123 g/mol. The summed E-state index contributed by atoms with van der Waals surface area (Å²) in [5.74, 6) is 0.513. The predicted octanol–water partition coefficient (Wildman–Crippen LogP) is 0.839. The molecule has 0 aromatic carbocycles. The van der Waals surface area contributed by atoms with Crippen molar-refractivity contribution in [3.8, 4) is 0 Å². The van der Waals surface area contributed by atoms with Gasteiger partial charge >= 0.3 is 0 Å². The van der Waals surface area contributed by atoms with E-state index < -0.39 is 0 Å². The Morgan fingerprint density at radius 3 is 2.40 bits per heavy atom. The van der Waals surface area contributed by atoms with Crippen LogP contribution in [0.4, 0.5) is 0 Å². The normalized spacial score (nSPS) is 11.2. The highest BCUT2D eigenvalue weighted by Crippen LogP contribution is 2.07. The van der Waals surface area contributed by atoms with Gasteiger partial charge in [0.25, 0.3) is 0 Å². The van der Waals surface area contributed by atoms with Gasteiger partial charge in [0.05, 0.1) is 13.7 Å². The Morgan fingerprint density at radius 2 is 2.30 bits per heavy atom. The van der Waals surface area contributed by atoms with Crippen LogP contribution in [-0.4, -0.2) is 19.8 Å². The van der Waals surface area contributed by atoms with Crippen LogP contribution >= 0.6 is 0 Å². The van der Waals surface area contributed by atoms with Gasteiger partial charge in [0.1, 0.15) is 0 Å². The highest BCUT2D eigenvalue weighted by molar-refractivity contribution is 6.10. The number of allylic oxidation sites excluding steroid dienone is 2. The summed E-state index contributed by atoms with van der Waals surface area (Å²) in [4.78, 5) is 1.76. The number of rotatable bonds is 3. The SMILES string of the molecule is [B]C/C(=C/C)N(C)C(=C)N. The Hall–Kier alpha value is -0.855. The molecule has 0 saturated carbocycles. The van der Waals surface area contributed by atoms with Gasteiger partial charge in [-0.05, 0) is 13.2 Å². The van der Waals surface area contributed by atoms with Gasteiger partial charge in [-0.25, -0.2) is 0 Å². The van der Waals surface area contributed by atoms with Crippen molar-refractivity contribution in [2.24, 2.45) is 5.73 Å². The minimum Gasteiger partial charge on any atom is -0.386 e. The van der Waals surface area contributed by atoms with Crippen LogP contribution < -0.4 is 5.73 Å². The van der Waals surface area contributed by atoms with E-state index in [-0.39, 0.29) is 0 Å². The van der Waals surface area contributed by atoms with E-state index in [9.17, 15) is 0 Å². The van der Waals surface area contributed by atoms with Crippen LogP contribution in [-0.2, 0) is 0 Å². The average molecular weight is 136 g/mol. The zero-order valence-electron chi connectivity index (χ0n) is 6.59. The predicted molar refractivity (Wildman–Crippen MR) is 45.4 cm³/mol. The first-order chi connectivity index (χ1) is 4.63. The molecule has 0 heterocycles. The summed E-state index contributed by atoms with van der Waals surface area (Å²) < 4.78 is 0. The molecule has 0 unspecified atom stereocenters. The summed E-state index contributed by atoms with van der Waals surface area (Å²) in [5, 5.41) is 0. The Bertz CT molecular complexity index is 152. The zero-order valence-corrected chi connectivity index (χ0v) is 6.59. The average Bonchev–Trinajstić information content (AvgIpc) is 1.90. The smallest absolute Gasteiger partial charge is 0.0951 e. The van der Waals surface area contributed by atoms with Gasteiger partial charge in [-0.1, -0.05) is 12.7 Å². The molecule has 0 aromatic heterocycles. The third-order valence-corrected chi connectivity index (χ3v) is 1.40. The minimum absolute atomic E-state index is 0.489.